The lowest BCUT2D eigenvalue weighted by Gasteiger charge is -2.07. The van der Waals surface area contributed by atoms with Gasteiger partial charge < -0.3 is 9.14 Å². The lowest BCUT2D eigenvalue weighted by atomic mass is 10.1. The van der Waals surface area contributed by atoms with Crippen molar-refractivity contribution in [3.63, 3.8) is 0 Å². The van der Waals surface area contributed by atoms with Gasteiger partial charge in [0.2, 0.25) is 0 Å². The van der Waals surface area contributed by atoms with E-state index in [0.29, 0.717) is 11.6 Å². The first kappa shape index (κ1) is 15.9. The minimum Gasteiger partial charge on any atom is -0.378 e. The summed E-state index contributed by atoms with van der Waals surface area (Å²) >= 11 is 6.02. The van der Waals surface area contributed by atoms with Gasteiger partial charge in [0.15, 0.2) is 0 Å². The second-order valence-electron chi connectivity index (χ2n) is 5.86. The van der Waals surface area contributed by atoms with Gasteiger partial charge in [0.05, 0.1) is 18.0 Å². The quantitative estimate of drug-likeness (QED) is 0.489. The maximum atomic E-state index is 6.02. The molecule has 0 spiro atoms. The number of ether oxygens (including phenoxy) is 1. The van der Waals surface area contributed by atoms with Crippen LogP contribution in [0, 0.1) is 0 Å². The summed E-state index contributed by atoms with van der Waals surface area (Å²) in [6.07, 6.45) is 2.12. The van der Waals surface area contributed by atoms with Gasteiger partial charge in [-0.2, -0.15) is 0 Å². The summed E-state index contributed by atoms with van der Waals surface area (Å²) in [5, 5.41) is 0.715. The molecule has 0 fully saturated rings. The first-order chi connectivity index (χ1) is 12.3. The van der Waals surface area contributed by atoms with Gasteiger partial charge >= 0.3 is 0 Å². The lowest BCUT2D eigenvalue weighted by molar-refractivity contribution is 0.181. The van der Waals surface area contributed by atoms with Crippen LogP contribution in [-0.4, -0.2) is 16.5 Å². The summed E-state index contributed by atoms with van der Waals surface area (Å²) < 4.78 is 7.55. The third-order valence-electron chi connectivity index (χ3n) is 4.22. The number of fused-ring (bicyclic) bond motifs is 1. The van der Waals surface area contributed by atoms with Crippen molar-refractivity contribution in [2.75, 3.05) is 7.11 Å². The fraction of sp³-hybridized carbons (Fsp3) is 0.0952. The average molecular weight is 349 g/mol. The molecule has 0 atom stereocenters. The smallest absolute Gasteiger partial charge is 0.137 e. The van der Waals surface area contributed by atoms with E-state index in [1.165, 1.54) is 5.56 Å². The number of rotatable bonds is 4. The molecule has 2 heterocycles. The minimum atomic E-state index is 0.484. The molecule has 0 saturated heterocycles. The Morgan fingerprint density at radius 3 is 2.32 bits per heavy atom. The van der Waals surface area contributed by atoms with E-state index in [1.807, 2.05) is 48.5 Å². The van der Waals surface area contributed by atoms with Crippen LogP contribution in [0.4, 0.5) is 0 Å². The molecule has 0 radical (unpaired) electrons. The normalized spacial score (nSPS) is 11.1. The molecule has 0 aliphatic rings. The molecule has 4 rings (SSSR count). The highest BCUT2D eigenvalue weighted by molar-refractivity contribution is 6.30. The second-order valence-corrected chi connectivity index (χ2v) is 6.30. The van der Waals surface area contributed by atoms with E-state index < -0.39 is 0 Å². The fourth-order valence-corrected chi connectivity index (χ4v) is 3.13. The van der Waals surface area contributed by atoms with Gasteiger partial charge in [0.1, 0.15) is 5.65 Å². The molecule has 4 aromatic rings. The third-order valence-corrected chi connectivity index (χ3v) is 4.48. The van der Waals surface area contributed by atoms with Gasteiger partial charge in [-0.15, -0.1) is 0 Å². The molecule has 3 nitrogen and oxygen atoms in total. The van der Waals surface area contributed by atoms with Crippen molar-refractivity contribution < 1.29 is 4.74 Å². The third kappa shape index (κ3) is 3.04. The molecule has 0 amide bonds. The van der Waals surface area contributed by atoms with Gasteiger partial charge in [-0.3, -0.25) is 0 Å². The number of aromatic nitrogens is 2. The molecule has 2 aromatic carbocycles. The molecule has 4 heteroatoms. The number of hydrogen-bond acceptors (Lipinski definition) is 2. The number of hydrogen-bond donors (Lipinski definition) is 0. The molecule has 0 bridgehead atoms. The topological polar surface area (TPSA) is 26.5 Å². The Balaban J connectivity index is 1.90. The monoisotopic (exact) mass is 348 g/mol. The minimum absolute atomic E-state index is 0.484. The summed E-state index contributed by atoms with van der Waals surface area (Å²) in [7, 11) is 1.70. The Kier molecular flexibility index (Phi) is 4.26. The van der Waals surface area contributed by atoms with Crippen LogP contribution in [0.25, 0.3) is 28.0 Å². The van der Waals surface area contributed by atoms with Crippen LogP contribution in [-0.2, 0) is 11.3 Å². The first-order valence-corrected chi connectivity index (χ1v) is 8.45. The maximum Gasteiger partial charge on any atom is 0.137 e. The van der Waals surface area contributed by atoms with Gasteiger partial charge in [-0.05, 0) is 35.4 Å². The SMILES string of the molecule is COCc1c(-c2ccc(Cl)cc2)nc2ccc(-c3ccccc3)cn12. The van der Waals surface area contributed by atoms with E-state index in [0.717, 1.165) is 28.2 Å². The predicted octanol–water partition coefficient (Wildman–Crippen LogP) is 5.47. The molecule has 0 N–H and O–H groups in total. The zero-order valence-electron chi connectivity index (χ0n) is 13.8. The molecule has 2 aromatic heterocycles. The van der Waals surface area contributed by atoms with E-state index in [1.54, 1.807) is 7.11 Å². The summed E-state index contributed by atoms with van der Waals surface area (Å²) in [6.45, 7) is 0.484. The number of methoxy groups -OCH3 is 1. The van der Waals surface area contributed by atoms with Crippen molar-refractivity contribution >= 4 is 17.2 Å². The zero-order valence-corrected chi connectivity index (χ0v) is 14.6. The molecule has 25 heavy (non-hydrogen) atoms. The summed E-state index contributed by atoms with van der Waals surface area (Å²) in [5.74, 6) is 0. The predicted molar refractivity (Wildman–Crippen MR) is 102 cm³/mol. The van der Waals surface area contributed by atoms with Crippen molar-refractivity contribution in [3.8, 4) is 22.4 Å². The highest BCUT2D eigenvalue weighted by atomic mass is 35.5. The van der Waals surface area contributed by atoms with Crippen LogP contribution in [0.3, 0.4) is 0 Å². The van der Waals surface area contributed by atoms with E-state index in [2.05, 4.69) is 28.8 Å². The number of benzene rings is 2. The summed E-state index contributed by atoms with van der Waals surface area (Å²) in [4.78, 5) is 4.81. The zero-order chi connectivity index (χ0) is 17.2. The molecular formula is C21H17ClN2O. The Labute approximate surface area is 151 Å². The summed E-state index contributed by atoms with van der Waals surface area (Å²) in [6, 6.07) is 22.2. The largest absolute Gasteiger partial charge is 0.378 e. The Bertz CT molecular complexity index is 1010. The van der Waals surface area contributed by atoms with Crippen molar-refractivity contribution in [3.05, 3.63) is 83.6 Å². The first-order valence-electron chi connectivity index (χ1n) is 8.07. The highest BCUT2D eigenvalue weighted by Gasteiger charge is 2.14. The Morgan fingerprint density at radius 2 is 1.60 bits per heavy atom. The lowest BCUT2D eigenvalue weighted by Crippen LogP contribution is -1.97. The van der Waals surface area contributed by atoms with E-state index in [-0.39, 0.29) is 0 Å². The van der Waals surface area contributed by atoms with E-state index in [4.69, 9.17) is 21.3 Å². The highest BCUT2D eigenvalue weighted by Crippen LogP contribution is 2.28. The van der Waals surface area contributed by atoms with Crippen LogP contribution < -0.4 is 0 Å². The fourth-order valence-electron chi connectivity index (χ4n) is 3.01. The van der Waals surface area contributed by atoms with Crippen LogP contribution in [0.5, 0.6) is 0 Å². The van der Waals surface area contributed by atoms with Crippen LogP contribution >= 0.6 is 11.6 Å². The Morgan fingerprint density at radius 1 is 0.880 bits per heavy atom. The molecule has 0 unspecified atom stereocenters. The molecule has 0 aliphatic heterocycles. The van der Waals surface area contributed by atoms with Gasteiger partial charge in [-0.1, -0.05) is 54.1 Å². The summed E-state index contributed by atoms with van der Waals surface area (Å²) in [5.41, 5.74) is 6.19. The van der Waals surface area contributed by atoms with E-state index >= 15 is 0 Å². The van der Waals surface area contributed by atoms with Gasteiger partial charge in [-0.25, -0.2) is 4.98 Å². The number of nitrogens with zero attached hydrogens (tertiary/aromatic N) is 2. The van der Waals surface area contributed by atoms with E-state index in [9.17, 15) is 0 Å². The number of pyridine rings is 1. The van der Waals surface area contributed by atoms with Crippen molar-refractivity contribution in [1.82, 2.24) is 9.38 Å². The van der Waals surface area contributed by atoms with Crippen molar-refractivity contribution in [2.45, 2.75) is 6.61 Å². The van der Waals surface area contributed by atoms with Crippen molar-refractivity contribution in [1.29, 1.82) is 0 Å². The number of halogens is 1. The molecule has 0 aliphatic carbocycles. The second kappa shape index (κ2) is 6.71. The van der Waals surface area contributed by atoms with Crippen LogP contribution in [0.15, 0.2) is 72.9 Å². The van der Waals surface area contributed by atoms with Gasteiger partial charge in [0.25, 0.3) is 0 Å². The average Bonchev–Trinajstić information content (AvgIpc) is 3.01. The molecular weight excluding hydrogens is 332 g/mol. The number of imidazole rings is 1. The molecule has 124 valence electrons. The van der Waals surface area contributed by atoms with Crippen molar-refractivity contribution in [2.24, 2.45) is 0 Å². The van der Waals surface area contributed by atoms with Crippen LogP contribution in [0.2, 0.25) is 5.02 Å². The standard InChI is InChI=1S/C21H17ClN2O/c1-25-14-19-21(16-7-10-18(22)11-8-16)23-20-12-9-17(13-24(19)20)15-5-3-2-4-6-15/h2-13H,14H2,1H3. The van der Waals surface area contributed by atoms with Gasteiger partial charge in [0, 0.05) is 23.9 Å². The maximum absolute atomic E-state index is 6.02. The Hall–Kier alpha value is -2.62. The van der Waals surface area contributed by atoms with Crippen LogP contribution in [0.1, 0.15) is 5.69 Å². The molecule has 0 saturated carbocycles.